The summed E-state index contributed by atoms with van der Waals surface area (Å²) < 4.78 is 4.76. The zero-order valence-corrected chi connectivity index (χ0v) is 14.0. The van der Waals surface area contributed by atoms with Gasteiger partial charge in [0, 0.05) is 13.0 Å². The summed E-state index contributed by atoms with van der Waals surface area (Å²) in [7, 11) is 1.29. The minimum atomic E-state index is -1.10. The highest BCUT2D eigenvalue weighted by atomic mass is 16.5. The Morgan fingerprint density at radius 2 is 1.96 bits per heavy atom. The van der Waals surface area contributed by atoms with E-state index in [2.05, 4.69) is 0 Å². The lowest BCUT2D eigenvalue weighted by molar-refractivity contribution is -0.154. The van der Waals surface area contributed by atoms with Gasteiger partial charge < -0.3 is 19.5 Å². The Hall–Kier alpha value is -2.21. The highest BCUT2D eigenvalue weighted by molar-refractivity contribution is 5.90. The van der Waals surface area contributed by atoms with Gasteiger partial charge in [-0.15, -0.1) is 0 Å². The lowest BCUT2D eigenvalue weighted by atomic mass is 9.90. The second-order valence-corrected chi connectivity index (χ2v) is 6.08. The van der Waals surface area contributed by atoms with Crippen LogP contribution >= 0.6 is 0 Å². The number of amides is 1. The molecule has 1 fully saturated rings. The van der Waals surface area contributed by atoms with Gasteiger partial charge in [-0.3, -0.25) is 4.79 Å². The number of ether oxygens (including phenoxy) is 1. The van der Waals surface area contributed by atoms with Crippen LogP contribution in [0.2, 0.25) is 0 Å². The van der Waals surface area contributed by atoms with E-state index in [1.807, 2.05) is 6.07 Å². The average Bonchev–Trinajstić information content (AvgIpc) is 3.08. The quantitative estimate of drug-likeness (QED) is 0.797. The van der Waals surface area contributed by atoms with Gasteiger partial charge in [0.15, 0.2) is 0 Å². The van der Waals surface area contributed by atoms with E-state index >= 15 is 0 Å². The summed E-state index contributed by atoms with van der Waals surface area (Å²) in [5, 5.41) is 10.6. The Balaban J connectivity index is 2.25. The lowest BCUT2D eigenvalue weighted by Gasteiger charge is -2.29. The zero-order valence-electron chi connectivity index (χ0n) is 14.0. The number of Topliss-reactive ketones (excluding diaryl/α,β-unsaturated/α-hetero) is 1. The average molecular weight is 333 g/mol. The van der Waals surface area contributed by atoms with E-state index in [0.29, 0.717) is 24.9 Å². The van der Waals surface area contributed by atoms with Crippen LogP contribution in [0.3, 0.4) is 0 Å². The van der Waals surface area contributed by atoms with Crippen LogP contribution in [0.25, 0.3) is 0 Å². The first-order valence-electron chi connectivity index (χ1n) is 8.06. The van der Waals surface area contributed by atoms with Crippen LogP contribution in [0.5, 0.6) is 0 Å². The van der Waals surface area contributed by atoms with Gasteiger partial charge in [0.2, 0.25) is 5.91 Å². The molecule has 2 rings (SSSR count). The number of carbonyl (C=O) groups is 3. The van der Waals surface area contributed by atoms with Crippen molar-refractivity contribution in [3.8, 4) is 0 Å². The molecule has 1 amide bonds. The van der Waals surface area contributed by atoms with Crippen molar-refractivity contribution < 1.29 is 24.2 Å². The molecule has 1 aromatic carbocycles. The Labute approximate surface area is 141 Å². The molecular formula is C18H23NO5. The number of hydrogen-bond donors (Lipinski definition) is 1. The monoisotopic (exact) mass is 333 g/mol. The molecule has 0 saturated carbocycles. The van der Waals surface area contributed by atoms with Gasteiger partial charge in [0.1, 0.15) is 11.8 Å². The van der Waals surface area contributed by atoms with E-state index in [9.17, 15) is 19.5 Å². The molecule has 6 heteroatoms. The molecule has 0 aliphatic carbocycles. The highest BCUT2D eigenvalue weighted by Gasteiger charge is 2.40. The van der Waals surface area contributed by atoms with Crippen molar-refractivity contribution in [3.63, 3.8) is 0 Å². The zero-order chi connectivity index (χ0) is 17.7. The largest absolute Gasteiger partial charge is 0.467 e. The number of rotatable bonds is 6. The predicted molar refractivity (Wildman–Crippen MR) is 86.9 cm³/mol. The second-order valence-electron chi connectivity index (χ2n) is 6.08. The maximum absolute atomic E-state index is 12.9. The van der Waals surface area contributed by atoms with E-state index in [0.717, 1.165) is 0 Å². The molecule has 0 unspecified atom stereocenters. The maximum atomic E-state index is 12.9. The van der Waals surface area contributed by atoms with Crippen molar-refractivity contribution in [3.05, 3.63) is 35.9 Å². The van der Waals surface area contributed by atoms with E-state index < -0.39 is 24.0 Å². The fourth-order valence-electron chi connectivity index (χ4n) is 3.15. The molecular weight excluding hydrogens is 310 g/mol. The standard InChI is InChI=1S/C18H23NO5/c1-12(20)11-14(16(21)13-7-4-3-5-8-13)17(22)19-10-6-9-15(19)18(23)24-2/h3-5,7-8,14-16,21H,6,9-11H2,1-2H3/t14-,15-,16+/m0/s1. The maximum Gasteiger partial charge on any atom is 0.328 e. The van der Waals surface area contributed by atoms with Crippen molar-refractivity contribution in [2.24, 2.45) is 5.92 Å². The number of aliphatic hydroxyl groups excluding tert-OH is 1. The van der Waals surface area contributed by atoms with Crippen LogP contribution in [0.15, 0.2) is 30.3 Å². The fraction of sp³-hybridized carbons (Fsp3) is 0.500. The van der Waals surface area contributed by atoms with Crippen LogP contribution in [-0.2, 0) is 19.1 Å². The van der Waals surface area contributed by atoms with E-state index in [4.69, 9.17) is 4.74 Å². The smallest absolute Gasteiger partial charge is 0.328 e. The van der Waals surface area contributed by atoms with Crippen LogP contribution in [-0.4, -0.2) is 47.4 Å². The molecule has 1 saturated heterocycles. The molecule has 1 aliphatic heterocycles. The number of likely N-dealkylation sites (tertiary alicyclic amines) is 1. The van der Waals surface area contributed by atoms with E-state index in [1.54, 1.807) is 24.3 Å². The summed E-state index contributed by atoms with van der Waals surface area (Å²) in [5.41, 5.74) is 0.575. The molecule has 1 aromatic rings. The lowest BCUT2D eigenvalue weighted by Crippen LogP contribution is -2.45. The summed E-state index contributed by atoms with van der Waals surface area (Å²) in [5.74, 6) is -1.93. The molecule has 1 heterocycles. The fourth-order valence-corrected chi connectivity index (χ4v) is 3.15. The van der Waals surface area contributed by atoms with Gasteiger partial charge in [-0.25, -0.2) is 4.79 Å². The number of esters is 1. The molecule has 130 valence electrons. The van der Waals surface area contributed by atoms with E-state index in [-0.39, 0.29) is 18.1 Å². The Morgan fingerprint density at radius 3 is 2.54 bits per heavy atom. The molecule has 0 spiro atoms. The van der Waals surface area contributed by atoms with E-state index in [1.165, 1.54) is 18.9 Å². The number of methoxy groups -OCH3 is 1. The highest BCUT2D eigenvalue weighted by Crippen LogP contribution is 2.30. The van der Waals surface area contributed by atoms with Crippen molar-refractivity contribution in [2.45, 2.75) is 38.3 Å². The molecule has 1 N–H and O–H groups in total. The number of nitrogens with zero attached hydrogens (tertiary/aromatic N) is 1. The molecule has 3 atom stereocenters. The summed E-state index contributed by atoms with van der Waals surface area (Å²) in [6.07, 6.45) is 0.0626. The summed E-state index contributed by atoms with van der Waals surface area (Å²) in [4.78, 5) is 37.8. The number of benzene rings is 1. The van der Waals surface area contributed by atoms with Crippen LogP contribution < -0.4 is 0 Å². The van der Waals surface area contributed by atoms with Crippen LogP contribution in [0, 0.1) is 5.92 Å². The third-order valence-corrected chi connectivity index (χ3v) is 4.36. The number of hydrogen-bond acceptors (Lipinski definition) is 5. The Morgan fingerprint density at radius 1 is 1.29 bits per heavy atom. The Bertz CT molecular complexity index is 601. The molecule has 1 aliphatic rings. The topological polar surface area (TPSA) is 83.9 Å². The van der Waals surface area contributed by atoms with Crippen molar-refractivity contribution in [2.75, 3.05) is 13.7 Å². The van der Waals surface area contributed by atoms with Gasteiger partial charge >= 0.3 is 5.97 Å². The molecule has 0 radical (unpaired) electrons. The van der Waals surface area contributed by atoms with Gasteiger partial charge in [-0.2, -0.15) is 0 Å². The second kappa shape index (κ2) is 8.06. The first-order valence-corrected chi connectivity index (χ1v) is 8.06. The minimum Gasteiger partial charge on any atom is -0.467 e. The van der Waals surface area contributed by atoms with Gasteiger partial charge in [-0.1, -0.05) is 30.3 Å². The summed E-state index contributed by atoms with van der Waals surface area (Å²) >= 11 is 0. The predicted octanol–water partition coefficient (Wildman–Crippen LogP) is 1.48. The minimum absolute atomic E-state index is 0.0702. The van der Waals surface area contributed by atoms with Crippen LogP contribution in [0.4, 0.5) is 0 Å². The summed E-state index contributed by atoms with van der Waals surface area (Å²) in [6, 6.07) is 8.13. The SMILES string of the molecule is COC(=O)[C@@H]1CCCN1C(=O)[C@@H](CC(C)=O)[C@H](O)c1ccccc1. The van der Waals surface area contributed by atoms with Crippen molar-refractivity contribution in [1.82, 2.24) is 4.90 Å². The number of ketones is 1. The first kappa shape index (κ1) is 18.1. The van der Waals surface area contributed by atoms with Gasteiger partial charge in [-0.05, 0) is 25.3 Å². The molecule has 0 aromatic heterocycles. The summed E-state index contributed by atoms with van der Waals surface area (Å²) in [6.45, 7) is 1.81. The molecule has 6 nitrogen and oxygen atoms in total. The number of aliphatic hydroxyl groups is 1. The van der Waals surface area contributed by atoms with Crippen molar-refractivity contribution in [1.29, 1.82) is 0 Å². The normalized spacial score (nSPS) is 19.6. The third kappa shape index (κ3) is 4.00. The first-order chi connectivity index (χ1) is 11.5. The van der Waals surface area contributed by atoms with Crippen molar-refractivity contribution >= 4 is 17.7 Å². The third-order valence-electron chi connectivity index (χ3n) is 4.36. The Kier molecular flexibility index (Phi) is 6.09. The van der Waals surface area contributed by atoms with Crippen LogP contribution in [0.1, 0.15) is 37.9 Å². The number of carbonyl (C=O) groups excluding carboxylic acids is 3. The van der Waals surface area contributed by atoms with Gasteiger partial charge in [0.05, 0.1) is 19.1 Å². The molecule has 24 heavy (non-hydrogen) atoms. The van der Waals surface area contributed by atoms with Gasteiger partial charge in [0.25, 0.3) is 0 Å². The molecule has 0 bridgehead atoms.